The lowest BCUT2D eigenvalue weighted by atomic mass is 9.87. The highest BCUT2D eigenvalue weighted by atomic mass is 32.2. The molecule has 4 bridgehead atoms. The van der Waals surface area contributed by atoms with Crippen molar-refractivity contribution in [1.29, 1.82) is 0 Å². The number of sulfonamides is 1. The first-order valence-electron chi connectivity index (χ1n) is 16.4. The summed E-state index contributed by atoms with van der Waals surface area (Å²) in [6.45, 7) is 11.8. The van der Waals surface area contributed by atoms with Crippen LogP contribution in [0, 0.1) is 25.7 Å². The van der Waals surface area contributed by atoms with Gasteiger partial charge in [0.05, 0.1) is 24.1 Å². The second kappa shape index (κ2) is 13.2. The normalized spacial score (nSPS) is 31.3. The van der Waals surface area contributed by atoms with Gasteiger partial charge in [-0.3, -0.25) is 25.0 Å². The van der Waals surface area contributed by atoms with Gasteiger partial charge in [-0.2, -0.15) is 9.82 Å². The molecule has 44 heavy (non-hydrogen) atoms. The Hall–Kier alpha value is -2.35. The highest BCUT2D eigenvalue weighted by Crippen LogP contribution is 2.33. The van der Waals surface area contributed by atoms with Gasteiger partial charge in [0.2, 0.25) is 10.0 Å². The van der Waals surface area contributed by atoms with E-state index in [1.165, 1.54) is 16.7 Å². The van der Waals surface area contributed by atoms with E-state index >= 15 is 0 Å². The first-order valence-corrected chi connectivity index (χ1v) is 17.9. The average molecular weight is 628 g/mol. The van der Waals surface area contributed by atoms with Gasteiger partial charge in [-0.15, -0.1) is 0 Å². The highest BCUT2D eigenvalue weighted by molar-refractivity contribution is 7.90. The van der Waals surface area contributed by atoms with Crippen LogP contribution in [0.4, 0.5) is 0 Å². The SMILES string of the molecule is Cc1cccc(C)c1C1CC2NC(N1)NS(=O)(=O)C1CCCC(C1)CN(Cc1cc3n(n1)CCNC3=O)[C@H](CC(C)C)CO2. The summed E-state index contributed by atoms with van der Waals surface area (Å²) >= 11 is 0. The number of hydrogen-bond donors (Lipinski definition) is 4. The molecule has 6 rings (SSSR count). The van der Waals surface area contributed by atoms with Crippen molar-refractivity contribution in [3.63, 3.8) is 0 Å². The van der Waals surface area contributed by atoms with E-state index in [1.54, 1.807) is 0 Å². The smallest absolute Gasteiger partial charge is 0.269 e. The fourth-order valence-corrected chi connectivity index (χ4v) is 9.40. The zero-order chi connectivity index (χ0) is 31.0. The molecule has 4 N–H and O–H groups in total. The second-order valence-electron chi connectivity index (χ2n) is 13.7. The second-order valence-corrected chi connectivity index (χ2v) is 15.7. The van der Waals surface area contributed by atoms with E-state index < -0.39 is 21.6 Å². The van der Waals surface area contributed by atoms with Crippen LogP contribution in [0.15, 0.2) is 24.3 Å². The highest BCUT2D eigenvalue weighted by Gasteiger charge is 2.39. The number of ether oxygens (including phenoxy) is 1. The number of amides is 1. The van der Waals surface area contributed by atoms with Crippen LogP contribution < -0.4 is 20.7 Å². The zero-order valence-electron chi connectivity index (χ0n) is 26.5. The van der Waals surface area contributed by atoms with Crippen molar-refractivity contribution in [2.75, 3.05) is 19.7 Å². The van der Waals surface area contributed by atoms with Crippen LogP contribution in [0.2, 0.25) is 0 Å². The van der Waals surface area contributed by atoms with Crippen molar-refractivity contribution in [3.05, 3.63) is 52.3 Å². The van der Waals surface area contributed by atoms with Gasteiger partial charge < -0.3 is 10.1 Å². The van der Waals surface area contributed by atoms with Crippen LogP contribution in [0.25, 0.3) is 0 Å². The number of carbonyl (C=O) groups excluding carboxylic acids is 1. The number of benzene rings is 1. The van der Waals surface area contributed by atoms with Crippen LogP contribution in [0.3, 0.4) is 0 Å². The molecule has 2 aromatic rings. The van der Waals surface area contributed by atoms with Crippen LogP contribution in [0.1, 0.15) is 91.3 Å². The molecule has 12 heteroatoms. The van der Waals surface area contributed by atoms with Crippen LogP contribution >= 0.6 is 0 Å². The lowest BCUT2D eigenvalue weighted by Gasteiger charge is -2.40. The summed E-state index contributed by atoms with van der Waals surface area (Å²) in [5.41, 5.74) is 5.02. The van der Waals surface area contributed by atoms with Crippen molar-refractivity contribution in [2.45, 2.75) is 109 Å². The van der Waals surface area contributed by atoms with Gasteiger partial charge in [0.15, 0.2) is 0 Å². The molecule has 11 nitrogen and oxygen atoms in total. The molecule has 3 fully saturated rings. The Morgan fingerprint density at radius 3 is 2.66 bits per heavy atom. The zero-order valence-corrected chi connectivity index (χ0v) is 27.3. The molecule has 4 heterocycles. The van der Waals surface area contributed by atoms with Gasteiger partial charge in [0, 0.05) is 38.1 Å². The number of aromatic nitrogens is 2. The average Bonchev–Trinajstić information content (AvgIpc) is 3.38. The van der Waals surface area contributed by atoms with Gasteiger partial charge in [0.25, 0.3) is 5.91 Å². The molecule has 242 valence electrons. The number of nitrogens with zero attached hydrogens (tertiary/aromatic N) is 3. The fraction of sp³-hybridized carbons (Fsp3) is 0.688. The van der Waals surface area contributed by atoms with E-state index in [9.17, 15) is 13.2 Å². The third-order valence-corrected chi connectivity index (χ3v) is 11.7. The summed E-state index contributed by atoms with van der Waals surface area (Å²) < 4.78 is 39.1. The molecule has 1 amide bonds. The summed E-state index contributed by atoms with van der Waals surface area (Å²) in [6, 6.07) is 8.24. The van der Waals surface area contributed by atoms with Crippen LogP contribution in [-0.4, -0.2) is 72.5 Å². The fourth-order valence-electron chi connectivity index (χ4n) is 7.74. The molecule has 6 atom stereocenters. The minimum Gasteiger partial charge on any atom is -0.362 e. The topological polar surface area (TPSA) is 130 Å². The third kappa shape index (κ3) is 7.05. The third-order valence-electron chi connectivity index (χ3n) is 9.80. The number of hydrogen-bond acceptors (Lipinski definition) is 8. The molecule has 3 aliphatic heterocycles. The molecule has 1 aromatic carbocycles. The maximum absolute atomic E-state index is 13.8. The van der Waals surface area contributed by atoms with E-state index in [0.717, 1.165) is 31.5 Å². The molecule has 1 aliphatic carbocycles. The quantitative estimate of drug-likeness (QED) is 0.399. The van der Waals surface area contributed by atoms with Crippen molar-refractivity contribution in [1.82, 2.24) is 35.4 Å². The van der Waals surface area contributed by atoms with Gasteiger partial charge in [-0.1, -0.05) is 38.5 Å². The lowest BCUT2D eigenvalue weighted by molar-refractivity contribution is -0.0485. The summed E-state index contributed by atoms with van der Waals surface area (Å²) in [4.78, 5) is 14.9. The minimum atomic E-state index is -3.60. The number of rotatable bonds is 5. The van der Waals surface area contributed by atoms with E-state index in [-0.39, 0.29) is 30.1 Å². The summed E-state index contributed by atoms with van der Waals surface area (Å²) in [5.74, 6) is 0.601. The molecule has 1 saturated carbocycles. The number of carbonyl (C=O) groups is 1. The molecule has 0 radical (unpaired) electrons. The Bertz CT molecular complexity index is 1420. The lowest BCUT2D eigenvalue weighted by Crippen LogP contribution is -2.64. The summed E-state index contributed by atoms with van der Waals surface area (Å²) in [7, 11) is -3.60. The Morgan fingerprint density at radius 2 is 1.91 bits per heavy atom. The minimum absolute atomic E-state index is 0.0676. The van der Waals surface area contributed by atoms with E-state index in [1.807, 2.05) is 10.7 Å². The number of nitrogens with one attached hydrogen (secondary N) is 4. The predicted molar refractivity (Wildman–Crippen MR) is 169 cm³/mol. The maximum atomic E-state index is 13.8. The standard InChI is InChI=1S/C32H49N7O4S/c1-20(2)13-25-19-43-29-16-27(30-21(3)7-5-8-22(30)4)34-32(35-29)37-44(41,42)26-10-6-9-23(14-26)17-38(25)18-24-15-28-31(40)33-11-12-39(28)36-24/h5,7-8,15,20,23,25-27,29,32,34-35,37H,6,9-14,16-19H2,1-4H3,(H,33,40)/t23?,25-,26?,27?,29?,32?/m1/s1. The van der Waals surface area contributed by atoms with Gasteiger partial charge >= 0.3 is 0 Å². The van der Waals surface area contributed by atoms with E-state index in [0.29, 0.717) is 57.1 Å². The first-order chi connectivity index (χ1) is 21.1. The molecule has 5 unspecified atom stereocenters. The van der Waals surface area contributed by atoms with Gasteiger partial charge in [-0.05, 0) is 74.1 Å². The predicted octanol–water partition coefficient (Wildman–Crippen LogP) is 2.90. The number of fused-ring (bicyclic) bond motifs is 5. The molecule has 0 spiro atoms. The molecular formula is C32H49N7O4S. The van der Waals surface area contributed by atoms with Crippen molar-refractivity contribution < 1.29 is 17.9 Å². The first kappa shape index (κ1) is 31.6. The Morgan fingerprint density at radius 1 is 1.11 bits per heavy atom. The molecule has 1 aromatic heterocycles. The molecule has 2 saturated heterocycles. The Kier molecular flexibility index (Phi) is 9.47. The Labute approximate surface area is 261 Å². The largest absolute Gasteiger partial charge is 0.362 e. The summed E-state index contributed by atoms with van der Waals surface area (Å²) in [5, 5.41) is 14.3. The van der Waals surface area contributed by atoms with Crippen molar-refractivity contribution in [3.8, 4) is 0 Å². The van der Waals surface area contributed by atoms with Crippen molar-refractivity contribution in [2.24, 2.45) is 11.8 Å². The maximum Gasteiger partial charge on any atom is 0.269 e. The van der Waals surface area contributed by atoms with Crippen LogP contribution in [0.5, 0.6) is 0 Å². The Balaban J connectivity index is 1.32. The molecule has 4 aliphatic rings. The molecular weight excluding hydrogens is 578 g/mol. The van der Waals surface area contributed by atoms with Crippen molar-refractivity contribution >= 4 is 15.9 Å². The van der Waals surface area contributed by atoms with E-state index in [4.69, 9.17) is 9.84 Å². The summed E-state index contributed by atoms with van der Waals surface area (Å²) in [6.07, 6.45) is 3.81. The van der Waals surface area contributed by atoms with Gasteiger partial charge in [-0.25, -0.2) is 8.42 Å². The van der Waals surface area contributed by atoms with Gasteiger partial charge in [0.1, 0.15) is 18.2 Å². The van der Waals surface area contributed by atoms with E-state index in [2.05, 4.69) is 71.5 Å². The number of aryl methyl sites for hydroxylation is 2. The van der Waals surface area contributed by atoms with Crippen LogP contribution in [-0.2, 0) is 27.8 Å². The monoisotopic (exact) mass is 627 g/mol.